The van der Waals surface area contributed by atoms with Gasteiger partial charge in [0.25, 0.3) is 0 Å². The van der Waals surface area contributed by atoms with Crippen LogP contribution in [0, 0.1) is 0 Å². The van der Waals surface area contributed by atoms with E-state index in [-0.39, 0.29) is 0 Å². The van der Waals surface area contributed by atoms with Gasteiger partial charge in [-0.15, -0.1) is 0 Å². The summed E-state index contributed by atoms with van der Waals surface area (Å²) in [4.78, 5) is 4.86. The van der Waals surface area contributed by atoms with Gasteiger partial charge in [-0.3, -0.25) is 0 Å². The van der Waals surface area contributed by atoms with Gasteiger partial charge in [0.2, 0.25) is 0 Å². The van der Waals surface area contributed by atoms with Crippen molar-refractivity contribution in [2.75, 3.05) is 0 Å². The maximum absolute atomic E-state index is 2.43. The van der Waals surface area contributed by atoms with E-state index in [1.54, 1.807) is 0 Å². The van der Waals surface area contributed by atoms with Gasteiger partial charge in [0.15, 0.2) is 0 Å². The van der Waals surface area contributed by atoms with E-state index in [2.05, 4.69) is 70.5 Å². The molecule has 0 N–H and O–H groups in total. The number of rotatable bonds is 4. The molecule has 19 heavy (non-hydrogen) atoms. The molecule has 0 spiro atoms. The predicted octanol–water partition coefficient (Wildman–Crippen LogP) is 3.93. The molecule has 0 radical (unpaired) electrons. The normalized spacial score (nSPS) is 10.5. The van der Waals surface area contributed by atoms with Gasteiger partial charge in [-0.2, -0.15) is 0 Å². The average molecular weight is 311 g/mol. The molecule has 0 unspecified atom stereocenters. The fourth-order valence-electron chi connectivity index (χ4n) is 2.29. The summed E-state index contributed by atoms with van der Waals surface area (Å²) in [6.07, 6.45) is 2.14. The Bertz CT molecular complexity index is 567. The first-order valence-corrected chi connectivity index (χ1v) is 8.51. The molecule has 0 amide bonds. The zero-order valence-corrected chi connectivity index (χ0v) is 12.5. The van der Waals surface area contributed by atoms with E-state index in [0.29, 0.717) is 14.5 Å². The van der Waals surface area contributed by atoms with Gasteiger partial charge in [-0.25, -0.2) is 0 Å². The molecule has 3 aromatic rings. The molecule has 0 aliphatic rings. The number of hydrogen-bond acceptors (Lipinski definition) is 0. The van der Waals surface area contributed by atoms with Crippen molar-refractivity contribution in [2.24, 2.45) is 0 Å². The number of hydrogen-bond donors (Lipinski definition) is 0. The molecule has 1 heteroatoms. The molecule has 0 atom stereocenters. The summed E-state index contributed by atoms with van der Waals surface area (Å²) in [5.74, 6) is 0. The molecule has 94 valence electrons. The van der Waals surface area contributed by atoms with Crippen molar-refractivity contribution in [1.29, 1.82) is 0 Å². The quantitative estimate of drug-likeness (QED) is 0.641. The van der Waals surface area contributed by atoms with Crippen LogP contribution in [0.3, 0.4) is 0 Å². The van der Waals surface area contributed by atoms with Gasteiger partial charge in [0.05, 0.1) is 0 Å². The number of benzene rings is 2. The van der Waals surface area contributed by atoms with Crippen LogP contribution in [-0.4, -0.2) is 14.5 Å². The van der Waals surface area contributed by atoms with Crippen LogP contribution in [-0.2, 0) is 12.8 Å². The minimum absolute atomic E-state index is 0.550. The zero-order chi connectivity index (χ0) is 12.9. The summed E-state index contributed by atoms with van der Waals surface area (Å²) in [6.45, 7) is 0. The van der Waals surface area contributed by atoms with Gasteiger partial charge in [-0.1, -0.05) is 0 Å². The van der Waals surface area contributed by atoms with Crippen molar-refractivity contribution in [2.45, 2.75) is 12.8 Å². The van der Waals surface area contributed by atoms with Crippen molar-refractivity contribution < 1.29 is 0 Å². The molecule has 0 saturated heterocycles. The SMILES string of the molecule is c1ccc(Cc2c[se]cc2Cc2ccccc2)cc1. The second kappa shape index (κ2) is 6.06. The Hall–Kier alpha value is -1.56. The van der Waals surface area contributed by atoms with Gasteiger partial charge in [0, 0.05) is 0 Å². The summed E-state index contributed by atoms with van der Waals surface area (Å²) in [6, 6.07) is 21.5. The van der Waals surface area contributed by atoms with Crippen molar-refractivity contribution in [3.05, 3.63) is 92.8 Å². The van der Waals surface area contributed by atoms with Gasteiger partial charge in [0.1, 0.15) is 0 Å². The second-order valence-electron chi connectivity index (χ2n) is 4.75. The van der Waals surface area contributed by atoms with Crippen LogP contribution in [0.4, 0.5) is 0 Å². The third-order valence-corrected chi connectivity index (χ3v) is 5.07. The van der Waals surface area contributed by atoms with Crippen LogP contribution in [0.5, 0.6) is 0 Å². The maximum atomic E-state index is 2.43. The van der Waals surface area contributed by atoms with Crippen molar-refractivity contribution in [3.8, 4) is 0 Å². The van der Waals surface area contributed by atoms with Crippen LogP contribution in [0.25, 0.3) is 0 Å². The Morgan fingerprint density at radius 3 is 1.42 bits per heavy atom. The molecule has 1 aromatic heterocycles. The summed E-state index contributed by atoms with van der Waals surface area (Å²) in [7, 11) is 0. The van der Waals surface area contributed by atoms with Crippen LogP contribution < -0.4 is 0 Å². The molecule has 0 aliphatic carbocycles. The third kappa shape index (κ3) is 3.26. The summed E-state index contributed by atoms with van der Waals surface area (Å²) >= 11 is 0.550. The third-order valence-electron chi connectivity index (χ3n) is 3.31. The molecule has 2 aromatic carbocycles. The zero-order valence-electron chi connectivity index (χ0n) is 10.8. The summed E-state index contributed by atoms with van der Waals surface area (Å²) in [5.41, 5.74) is 5.86. The molecule has 1 heterocycles. The second-order valence-corrected chi connectivity index (χ2v) is 6.31. The minimum atomic E-state index is 0.550. The van der Waals surface area contributed by atoms with Crippen LogP contribution in [0.1, 0.15) is 22.3 Å². The van der Waals surface area contributed by atoms with E-state index in [1.165, 1.54) is 22.3 Å². The molecule has 0 nitrogen and oxygen atoms in total. The fourth-order valence-corrected chi connectivity index (χ4v) is 4.11. The summed E-state index contributed by atoms with van der Waals surface area (Å²) < 4.78 is 0. The predicted molar refractivity (Wildman–Crippen MR) is 81.9 cm³/mol. The Balaban J connectivity index is 1.79. The van der Waals surface area contributed by atoms with Crippen molar-refractivity contribution in [1.82, 2.24) is 0 Å². The molecule has 3 rings (SSSR count). The average Bonchev–Trinajstić information content (AvgIpc) is 2.88. The topological polar surface area (TPSA) is 0 Å². The molecular formula is C18H16Se. The van der Waals surface area contributed by atoms with E-state index >= 15 is 0 Å². The molecule has 0 aliphatic heterocycles. The van der Waals surface area contributed by atoms with Gasteiger partial charge in [-0.05, 0) is 0 Å². The fraction of sp³-hybridized carbons (Fsp3) is 0.111. The Morgan fingerprint density at radius 1 is 0.579 bits per heavy atom. The van der Waals surface area contributed by atoms with Crippen LogP contribution >= 0.6 is 0 Å². The molecular weight excluding hydrogens is 295 g/mol. The Kier molecular flexibility index (Phi) is 3.97. The van der Waals surface area contributed by atoms with Crippen molar-refractivity contribution >= 4 is 14.5 Å². The van der Waals surface area contributed by atoms with Crippen molar-refractivity contribution in [3.63, 3.8) is 0 Å². The van der Waals surface area contributed by atoms with E-state index < -0.39 is 0 Å². The standard InChI is InChI=1S/C18H16Se/c1-3-7-15(8-4-1)11-17-13-19-14-18(17)12-16-9-5-2-6-10-16/h1-10,13-14H,11-12H2. The van der Waals surface area contributed by atoms with E-state index in [1.807, 2.05) is 0 Å². The molecule has 0 saturated carbocycles. The monoisotopic (exact) mass is 312 g/mol. The van der Waals surface area contributed by atoms with Crippen LogP contribution in [0.15, 0.2) is 70.5 Å². The van der Waals surface area contributed by atoms with E-state index in [0.717, 1.165) is 12.8 Å². The molecule has 0 fully saturated rings. The first-order chi connectivity index (χ1) is 9.42. The van der Waals surface area contributed by atoms with Gasteiger partial charge >= 0.3 is 120 Å². The first kappa shape index (κ1) is 12.5. The summed E-state index contributed by atoms with van der Waals surface area (Å²) in [5, 5.41) is 0. The van der Waals surface area contributed by atoms with Crippen LogP contribution in [0.2, 0.25) is 0 Å². The van der Waals surface area contributed by atoms with Gasteiger partial charge < -0.3 is 0 Å². The molecule has 0 bridgehead atoms. The van der Waals surface area contributed by atoms with E-state index in [4.69, 9.17) is 0 Å². The Labute approximate surface area is 120 Å². The Morgan fingerprint density at radius 2 is 1.00 bits per heavy atom. The van der Waals surface area contributed by atoms with E-state index in [9.17, 15) is 0 Å². The first-order valence-electron chi connectivity index (χ1n) is 6.53.